The van der Waals surface area contributed by atoms with Crippen LogP contribution in [0.15, 0.2) is 16.7 Å². The van der Waals surface area contributed by atoms with Crippen molar-refractivity contribution in [2.24, 2.45) is 0 Å². The highest BCUT2D eigenvalue weighted by atomic mass is 19.2. The Balaban J connectivity index is 2.28. The van der Waals surface area contributed by atoms with Crippen molar-refractivity contribution in [3.05, 3.63) is 35.4 Å². The van der Waals surface area contributed by atoms with Gasteiger partial charge < -0.3 is 9.84 Å². The van der Waals surface area contributed by atoms with Crippen molar-refractivity contribution in [3.8, 4) is 11.5 Å². The van der Waals surface area contributed by atoms with Gasteiger partial charge in [-0.25, -0.2) is 13.2 Å². The SMILES string of the molecule is CNCCc1noc(-c2cc(F)c(F)c(F)c2)n1. The van der Waals surface area contributed by atoms with Crippen LogP contribution in [0.25, 0.3) is 11.5 Å². The van der Waals surface area contributed by atoms with Crippen molar-refractivity contribution >= 4 is 0 Å². The summed E-state index contributed by atoms with van der Waals surface area (Å²) in [5.41, 5.74) is 0.00890. The zero-order valence-corrected chi connectivity index (χ0v) is 9.51. The van der Waals surface area contributed by atoms with Gasteiger partial charge in [-0.3, -0.25) is 0 Å². The number of nitrogens with one attached hydrogen (secondary N) is 1. The molecule has 7 heteroatoms. The first-order valence-electron chi connectivity index (χ1n) is 5.24. The molecule has 0 fully saturated rings. The predicted molar refractivity (Wildman–Crippen MR) is 57.2 cm³/mol. The minimum absolute atomic E-state index is 0.00890. The molecule has 1 heterocycles. The smallest absolute Gasteiger partial charge is 0.258 e. The van der Waals surface area contributed by atoms with Gasteiger partial charge >= 0.3 is 0 Å². The maximum Gasteiger partial charge on any atom is 0.258 e. The van der Waals surface area contributed by atoms with Gasteiger partial charge in [0.05, 0.1) is 0 Å². The van der Waals surface area contributed by atoms with Crippen LogP contribution in [0.3, 0.4) is 0 Å². The Bertz CT molecular complexity index is 533. The molecule has 0 spiro atoms. The molecular weight excluding hydrogens is 247 g/mol. The second-order valence-electron chi connectivity index (χ2n) is 3.62. The number of hydrogen-bond acceptors (Lipinski definition) is 4. The highest BCUT2D eigenvalue weighted by Crippen LogP contribution is 2.22. The molecule has 1 aromatic heterocycles. The van der Waals surface area contributed by atoms with Gasteiger partial charge in [-0.15, -0.1) is 0 Å². The van der Waals surface area contributed by atoms with Crippen molar-refractivity contribution in [1.82, 2.24) is 15.5 Å². The summed E-state index contributed by atoms with van der Waals surface area (Å²) < 4.78 is 43.7. The van der Waals surface area contributed by atoms with Crippen LogP contribution in [0.4, 0.5) is 13.2 Å². The van der Waals surface area contributed by atoms with Crippen LogP contribution in [0.1, 0.15) is 5.82 Å². The maximum absolute atomic E-state index is 13.0. The molecule has 0 saturated carbocycles. The normalized spacial score (nSPS) is 10.9. The summed E-state index contributed by atoms with van der Waals surface area (Å²) in [6, 6.07) is 1.63. The molecule has 0 radical (unpaired) electrons. The molecule has 0 unspecified atom stereocenters. The average Bonchev–Trinajstić information content (AvgIpc) is 2.81. The van der Waals surface area contributed by atoms with E-state index in [1.807, 2.05) is 0 Å². The third kappa shape index (κ3) is 2.51. The molecule has 0 aliphatic rings. The highest BCUT2D eigenvalue weighted by Gasteiger charge is 2.15. The van der Waals surface area contributed by atoms with Gasteiger partial charge in [-0.2, -0.15) is 4.98 Å². The fourth-order valence-corrected chi connectivity index (χ4v) is 1.39. The van der Waals surface area contributed by atoms with Gasteiger partial charge in [-0.1, -0.05) is 5.16 Å². The predicted octanol–water partition coefficient (Wildman–Crippen LogP) is 1.92. The number of likely N-dealkylation sites (N-methyl/N-ethyl adjacent to an activating group) is 1. The summed E-state index contributed by atoms with van der Waals surface area (Å²) in [5, 5.41) is 6.55. The van der Waals surface area contributed by atoms with Crippen molar-refractivity contribution in [2.45, 2.75) is 6.42 Å². The van der Waals surface area contributed by atoms with E-state index in [2.05, 4.69) is 15.5 Å². The largest absolute Gasteiger partial charge is 0.334 e. The van der Waals surface area contributed by atoms with Gasteiger partial charge in [0.15, 0.2) is 23.3 Å². The van der Waals surface area contributed by atoms with E-state index >= 15 is 0 Å². The quantitative estimate of drug-likeness (QED) is 0.850. The number of rotatable bonds is 4. The summed E-state index contributed by atoms with van der Waals surface area (Å²) >= 11 is 0. The molecule has 96 valence electrons. The fourth-order valence-electron chi connectivity index (χ4n) is 1.39. The van der Waals surface area contributed by atoms with E-state index < -0.39 is 17.5 Å². The fraction of sp³-hybridized carbons (Fsp3) is 0.273. The Labute approximate surface area is 101 Å². The second kappa shape index (κ2) is 5.18. The lowest BCUT2D eigenvalue weighted by Crippen LogP contribution is -2.11. The molecule has 2 rings (SSSR count). The van der Waals surface area contributed by atoms with Crippen LogP contribution >= 0.6 is 0 Å². The van der Waals surface area contributed by atoms with Gasteiger partial charge in [0, 0.05) is 18.5 Å². The lowest BCUT2D eigenvalue weighted by atomic mass is 10.2. The molecule has 18 heavy (non-hydrogen) atoms. The van der Waals surface area contributed by atoms with Crippen LogP contribution in [-0.4, -0.2) is 23.7 Å². The summed E-state index contributed by atoms with van der Waals surface area (Å²) in [4.78, 5) is 3.96. The first kappa shape index (κ1) is 12.6. The third-order valence-electron chi connectivity index (χ3n) is 2.30. The molecular formula is C11H10F3N3O. The van der Waals surface area contributed by atoms with E-state index in [-0.39, 0.29) is 11.5 Å². The molecule has 0 bridgehead atoms. The Kier molecular flexibility index (Phi) is 3.61. The zero-order valence-electron chi connectivity index (χ0n) is 9.51. The van der Waals surface area contributed by atoms with Crippen LogP contribution in [0.2, 0.25) is 0 Å². The first-order valence-corrected chi connectivity index (χ1v) is 5.24. The molecule has 1 aromatic carbocycles. The van der Waals surface area contributed by atoms with E-state index in [4.69, 9.17) is 4.52 Å². The molecule has 2 aromatic rings. The minimum atomic E-state index is -1.52. The number of nitrogens with zero attached hydrogens (tertiary/aromatic N) is 2. The average molecular weight is 257 g/mol. The van der Waals surface area contributed by atoms with Gasteiger partial charge in [0.1, 0.15) is 0 Å². The number of benzene rings is 1. The first-order chi connectivity index (χ1) is 8.61. The molecule has 4 nitrogen and oxygen atoms in total. The Morgan fingerprint density at radius 1 is 1.22 bits per heavy atom. The Morgan fingerprint density at radius 3 is 2.50 bits per heavy atom. The monoisotopic (exact) mass is 257 g/mol. The van der Waals surface area contributed by atoms with E-state index in [1.165, 1.54) is 0 Å². The summed E-state index contributed by atoms with van der Waals surface area (Å²) in [6.45, 7) is 0.644. The zero-order chi connectivity index (χ0) is 13.1. The minimum Gasteiger partial charge on any atom is -0.334 e. The third-order valence-corrected chi connectivity index (χ3v) is 2.30. The van der Waals surface area contributed by atoms with Crippen LogP contribution in [0.5, 0.6) is 0 Å². The van der Waals surface area contributed by atoms with Crippen LogP contribution in [0, 0.1) is 17.5 Å². The number of hydrogen-bond donors (Lipinski definition) is 1. The maximum atomic E-state index is 13.0. The highest BCUT2D eigenvalue weighted by molar-refractivity contribution is 5.53. The van der Waals surface area contributed by atoms with E-state index in [1.54, 1.807) is 7.05 Å². The van der Waals surface area contributed by atoms with Gasteiger partial charge in [-0.05, 0) is 19.2 Å². The van der Waals surface area contributed by atoms with Crippen LogP contribution in [-0.2, 0) is 6.42 Å². The molecule has 0 atom stereocenters. The molecule has 0 amide bonds. The van der Waals surface area contributed by atoms with Crippen LogP contribution < -0.4 is 5.32 Å². The number of aromatic nitrogens is 2. The summed E-state index contributed by atoms with van der Waals surface area (Å²) in [5.74, 6) is -3.74. The van der Waals surface area contributed by atoms with E-state index in [0.29, 0.717) is 18.8 Å². The van der Waals surface area contributed by atoms with E-state index in [9.17, 15) is 13.2 Å². The molecule has 0 aliphatic heterocycles. The standard InChI is InChI=1S/C11H10F3N3O/c1-15-3-2-9-16-11(18-17-9)6-4-7(12)10(14)8(13)5-6/h4-5,15H,2-3H2,1H3. The number of halogens is 3. The lowest BCUT2D eigenvalue weighted by molar-refractivity contribution is 0.418. The lowest BCUT2D eigenvalue weighted by Gasteiger charge is -1.97. The summed E-state index contributed by atoms with van der Waals surface area (Å²) in [6.07, 6.45) is 0.520. The van der Waals surface area contributed by atoms with Crippen molar-refractivity contribution in [3.63, 3.8) is 0 Å². The van der Waals surface area contributed by atoms with Crippen molar-refractivity contribution in [1.29, 1.82) is 0 Å². The topological polar surface area (TPSA) is 51.0 Å². The Morgan fingerprint density at radius 2 is 1.89 bits per heavy atom. The summed E-state index contributed by atoms with van der Waals surface area (Å²) in [7, 11) is 1.77. The van der Waals surface area contributed by atoms with Crippen molar-refractivity contribution in [2.75, 3.05) is 13.6 Å². The molecule has 1 N–H and O–H groups in total. The van der Waals surface area contributed by atoms with Gasteiger partial charge in [0.25, 0.3) is 5.89 Å². The Hall–Kier alpha value is -1.89. The second-order valence-corrected chi connectivity index (χ2v) is 3.62. The van der Waals surface area contributed by atoms with Gasteiger partial charge in [0.2, 0.25) is 0 Å². The molecule has 0 saturated heterocycles. The van der Waals surface area contributed by atoms with Crippen molar-refractivity contribution < 1.29 is 17.7 Å². The molecule has 0 aliphatic carbocycles. The van der Waals surface area contributed by atoms with E-state index in [0.717, 1.165) is 12.1 Å².